The number of carbonyl (C=O) groups is 1. The number of benzene rings is 2. The largest absolute Gasteiger partial charge is 0.493 e. The summed E-state index contributed by atoms with van der Waals surface area (Å²) in [4.78, 5) is 16.4. The molecule has 0 spiro atoms. The first-order chi connectivity index (χ1) is 12.8. The summed E-state index contributed by atoms with van der Waals surface area (Å²) >= 11 is 0. The summed E-state index contributed by atoms with van der Waals surface area (Å²) < 4.78 is 6.07. The Balaban J connectivity index is 1.50. The summed E-state index contributed by atoms with van der Waals surface area (Å²) in [5, 5.41) is 2.89. The smallest absolute Gasteiger partial charge is 0.160 e. The highest BCUT2D eigenvalue weighted by Crippen LogP contribution is 2.21. The molecule has 3 aromatic rings. The minimum atomic E-state index is 0.127. The molecule has 0 saturated carbocycles. The molecule has 0 atom stereocenters. The van der Waals surface area contributed by atoms with Gasteiger partial charge in [0.15, 0.2) is 5.78 Å². The predicted molar refractivity (Wildman–Crippen MR) is 104 cm³/mol. The average Bonchev–Trinajstić information content (AvgIpc) is 2.68. The summed E-state index contributed by atoms with van der Waals surface area (Å²) in [5.41, 5.74) is 2.23. The van der Waals surface area contributed by atoms with Gasteiger partial charge in [-0.3, -0.25) is 9.78 Å². The number of hydrogen-bond acceptors (Lipinski definition) is 3. The molecule has 0 fully saturated rings. The minimum absolute atomic E-state index is 0.127. The molecule has 0 N–H and O–H groups in total. The Morgan fingerprint density at radius 2 is 1.88 bits per heavy atom. The van der Waals surface area contributed by atoms with Crippen LogP contribution in [0.3, 0.4) is 0 Å². The SMILES string of the molecule is O=C1C=c2c(cnc3cccc(OCCCCc4ccccc4)c23)=CC1. The van der Waals surface area contributed by atoms with E-state index in [4.69, 9.17) is 4.74 Å². The molecule has 1 heterocycles. The zero-order valence-electron chi connectivity index (χ0n) is 14.7. The van der Waals surface area contributed by atoms with E-state index in [2.05, 4.69) is 29.2 Å². The van der Waals surface area contributed by atoms with Crippen LogP contribution in [-0.2, 0) is 11.2 Å². The fraction of sp³-hybridized carbons (Fsp3) is 0.217. The normalized spacial score (nSPS) is 13.0. The predicted octanol–water partition coefficient (Wildman–Crippen LogP) is 3.17. The van der Waals surface area contributed by atoms with Crippen LogP contribution in [0, 0.1) is 0 Å². The van der Waals surface area contributed by atoms with E-state index in [0.29, 0.717) is 13.0 Å². The zero-order chi connectivity index (χ0) is 17.8. The Morgan fingerprint density at radius 1 is 1.00 bits per heavy atom. The number of ketones is 1. The zero-order valence-corrected chi connectivity index (χ0v) is 14.7. The van der Waals surface area contributed by atoms with Crippen molar-refractivity contribution in [3.63, 3.8) is 0 Å². The molecular formula is C23H21NO2. The van der Waals surface area contributed by atoms with Gasteiger partial charge in [0.25, 0.3) is 0 Å². The molecule has 1 aliphatic rings. The first-order valence-electron chi connectivity index (χ1n) is 9.10. The highest BCUT2D eigenvalue weighted by atomic mass is 16.5. The first-order valence-corrected chi connectivity index (χ1v) is 9.10. The summed E-state index contributed by atoms with van der Waals surface area (Å²) in [5.74, 6) is 0.938. The van der Waals surface area contributed by atoms with Crippen LogP contribution < -0.4 is 15.2 Å². The second-order valence-electron chi connectivity index (χ2n) is 6.59. The lowest BCUT2D eigenvalue weighted by Crippen LogP contribution is -2.30. The molecular weight excluding hydrogens is 322 g/mol. The maximum Gasteiger partial charge on any atom is 0.160 e. The number of aromatic nitrogens is 1. The molecule has 0 amide bonds. The molecule has 0 saturated heterocycles. The van der Waals surface area contributed by atoms with Crippen LogP contribution in [0.2, 0.25) is 0 Å². The quantitative estimate of drug-likeness (QED) is 0.646. The van der Waals surface area contributed by atoms with E-state index >= 15 is 0 Å². The summed E-state index contributed by atoms with van der Waals surface area (Å²) in [6, 6.07) is 16.4. The third-order valence-electron chi connectivity index (χ3n) is 4.72. The van der Waals surface area contributed by atoms with E-state index in [0.717, 1.165) is 46.4 Å². The fourth-order valence-corrected chi connectivity index (χ4v) is 3.38. The van der Waals surface area contributed by atoms with Crippen molar-refractivity contribution in [1.82, 2.24) is 4.98 Å². The number of carbonyl (C=O) groups excluding carboxylic acids is 1. The monoisotopic (exact) mass is 343 g/mol. The van der Waals surface area contributed by atoms with E-state index < -0.39 is 0 Å². The molecule has 130 valence electrons. The molecule has 3 heteroatoms. The Labute approximate surface area is 152 Å². The third kappa shape index (κ3) is 3.52. The van der Waals surface area contributed by atoms with E-state index in [1.807, 2.05) is 36.5 Å². The van der Waals surface area contributed by atoms with Crippen LogP contribution in [-0.4, -0.2) is 17.4 Å². The third-order valence-corrected chi connectivity index (χ3v) is 4.72. The van der Waals surface area contributed by atoms with Gasteiger partial charge in [-0.15, -0.1) is 0 Å². The maximum absolute atomic E-state index is 11.9. The Bertz CT molecular complexity index is 1050. The van der Waals surface area contributed by atoms with Gasteiger partial charge in [0.05, 0.1) is 17.5 Å². The lowest BCUT2D eigenvalue weighted by atomic mass is 10.0. The molecule has 4 rings (SSSR count). The van der Waals surface area contributed by atoms with Crippen LogP contribution in [0.5, 0.6) is 5.75 Å². The molecule has 0 bridgehead atoms. The summed E-state index contributed by atoms with van der Waals surface area (Å²) in [6.07, 6.45) is 9.09. The standard InChI is InChI=1S/C23H21NO2/c25-19-13-12-18-16-24-21-10-6-11-22(23(21)20(18)15-19)26-14-5-4-9-17-7-2-1-3-8-17/h1-3,6-8,10-12,15-16H,4-5,9,13-14H2. The van der Waals surface area contributed by atoms with E-state index in [9.17, 15) is 4.79 Å². The van der Waals surface area contributed by atoms with E-state index in [-0.39, 0.29) is 5.78 Å². The number of ether oxygens (including phenoxy) is 1. The van der Waals surface area contributed by atoms with Crippen molar-refractivity contribution in [3.05, 3.63) is 70.7 Å². The van der Waals surface area contributed by atoms with Crippen molar-refractivity contribution in [2.45, 2.75) is 25.7 Å². The lowest BCUT2D eigenvalue weighted by molar-refractivity contribution is -0.112. The number of hydrogen-bond donors (Lipinski definition) is 0. The van der Waals surface area contributed by atoms with Crippen LogP contribution in [0.1, 0.15) is 24.8 Å². The fourth-order valence-electron chi connectivity index (χ4n) is 3.38. The molecule has 1 aromatic heterocycles. The number of fused-ring (bicyclic) bond motifs is 3. The van der Waals surface area contributed by atoms with Gasteiger partial charge < -0.3 is 4.74 Å². The van der Waals surface area contributed by atoms with E-state index in [1.165, 1.54) is 5.56 Å². The molecule has 0 aliphatic heterocycles. The lowest BCUT2D eigenvalue weighted by Gasteiger charge is -2.11. The van der Waals surface area contributed by atoms with Crippen LogP contribution in [0.4, 0.5) is 0 Å². The Morgan fingerprint density at radius 3 is 2.77 bits per heavy atom. The number of unbranched alkanes of at least 4 members (excludes halogenated alkanes) is 1. The van der Waals surface area contributed by atoms with Gasteiger partial charge in [0, 0.05) is 12.6 Å². The van der Waals surface area contributed by atoms with Gasteiger partial charge in [-0.1, -0.05) is 42.5 Å². The van der Waals surface area contributed by atoms with Crippen molar-refractivity contribution >= 4 is 28.8 Å². The second-order valence-corrected chi connectivity index (χ2v) is 6.59. The van der Waals surface area contributed by atoms with Gasteiger partial charge in [0.2, 0.25) is 0 Å². The van der Waals surface area contributed by atoms with Crippen molar-refractivity contribution in [2.24, 2.45) is 0 Å². The highest BCUT2D eigenvalue weighted by Gasteiger charge is 2.10. The Hall–Kier alpha value is -2.94. The van der Waals surface area contributed by atoms with Gasteiger partial charge >= 0.3 is 0 Å². The number of Topliss-reactive ketones (excluding diaryl/α,β-unsaturated/α-hetero) is 1. The molecule has 0 radical (unpaired) electrons. The topological polar surface area (TPSA) is 39.2 Å². The van der Waals surface area contributed by atoms with Gasteiger partial charge in [-0.05, 0) is 53.5 Å². The molecule has 26 heavy (non-hydrogen) atoms. The van der Waals surface area contributed by atoms with Crippen LogP contribution in [0.15, 0.2) is 54.7 Å². The molecule has 0 unspecified atom stereocenters. The second kappa shape index (κ2) is 7.52. The van der Waals surface area contributed by atoms with Gasteiger partial charge in [0.1, 0.15) is 5.75 Å². The molecule has 2 aromatic carbocycles. The Kier molecular flexibility index (Phi) is 4.78. The molecule has 1 aliphatic carbocycles. The highest BCUT2D eigenvalue weighted by molar-refractivity contribution is 6.11. The van der Waals surface area contributed by atoms with Crippen molar-refractivity contribution in [1.29, 1.82) is 0 Å². The number of pyridine rings is 1. The number of rotatable bonds is 6. The van der Waals surface area contributed by atoms with Crippen molar-refractivity contribution in [3.8, 4) is 5.75 Å². The van der Waals surface area contributed by atoms with E-state index in [1.54, 1.807) is 6.08 Å². The average molecular weight is 343 g/mol. The van der Waals surface area contributed by atoms with Crippen LogP contribution in [0.25, 0.3) is 23.1 Å². The first kappa shape index (κ1) is 16.5. The van der Waals surface area contributed by atoms with Crippen molar-refractivity contribution < 1.29 is 9.53 Å². The summed E-state index contributed by atoms with van der Waals surface area (Å²) in [6.45, 7) is 0.660. The minimum Gasteiger partial charge on any atom is -0.493 e. The van der Waals surface area contributed by atoms with Crippen LogP contribution >= 0.6 is 0 Å². The number of aryl methyl sites for hydroxylation is 1. The maximum atomic E-state index is 11.9. The summed E-state index contributed by atoms with van der Waals surface area (Å²) in [7, 11) is 0. The van der Waals surface area contributed by atoms with Gasteiger partial charge in [-0.2, -0.15) is 0 Å². The molecule has 3 nitrogen and oxygen atoms in total. The number of nitrogens with zero attached hydrogens (tertiary/aromatic N) is 1. The van der Waals surface area contributed by atoms with Crippen molar-refractivity contribution in [2.75, 3.05) is 6.61 Å². The van der Waals surface area contributed by atoms with Gasteiger partial charge in [-0.25, -0.2) is 0 Å².